The minimum Gasteiger partial charge on any atom is -0.491 e. The first kappa shape index (κ1) is 17.8. The van der Waals surface area contributed by atoms with Gasteiger partial charge in [-0.15, -0.1) is 0 Å². The molecule has 0 aliphatic carbocycles. The lowest BCUT2D eigenvalue weighted by atomic mass is 10.1. The molecule has 134 valence electrons. The maximum atomic E-state index is 12.4. The summed E-state index contributed by atoms with van der Waals surface area (Å²) in [5.74, 6) is 0.823. The van der Waals surface area contributed by atoms with Gasteiger partial charge in [-0.25, -0.2) is 4.79 Å². The van der Waals surface area contributed by atoms with E-state index in [1.54, 1.807) is 30.3 Å². The summed E-state index contributed by atoms with van der Waals surface area (Å²) in [4.78, 5) is 22.9. The predicted octanol–water partition coefficient (Wildman–Crippen LogP) is 4.07. The Morgan fingerprint density at radius 3 is 2.85 bits per heavy atom. The van der Waals surface area contributed by atoms with Crippen molar-refractivity contribution < 1.29 is 19.1 Å². The molecule has 0 aliphatic rings. The lowest BCUT2D eigenvalue weighted by Gasteiger charge is -2.12. The van der Waals surface area contributed by atoms with Crippen LogP contribution in [-0.4, -0.2) is 24.4 Å². The molecule has 0 aliphatic heterocycles. The largest absolute Gasteiger partial charge is 0.491 e. The molecule has 7 heteroatoms. The summed E-state index contributed by atoms with van der Waals surface area (Å²) in [7, 11) is 0. The smallest absolute Gasteiger partial charge is 0.404 e. The van der Waals surface area contributed by atoms with Gasteiger partial charge in [-0.1, -0.05) is 23.7 Å². The maximum absolute atomic E-state index is 12.4. The van der Waals surface area contributed by atoms with Gasteiger partial charge < -0.3 is 19.6 Å². The Hall–Kier alpha value is -2.99. The first-order valence-corrected chi connectivity index (χ1v) is 8.26. The predicted molar refractivity (Wildman–Crippen MR) is 99.2 cm³/mol. The highest BCUT2D eigenvalue weighted by Crippen LogP contribution is 2.33. The molecule has 0 bridgehead atoms. The molecule has 2 aromatic carbocycles. The fourth-order valence-electron chi connectivity index (χ4n) is 2.55. The molecule has 2 N–H and O–H groups in total. The maximum Gasteiger partial charge on any atom is 0.404 e. The van der Waals surface area contributed by atoms with Gasteiger partial charge in [-0.2, -0.15) is 0 Å². The van der Waals surface area contributed by atoms with E-state index in [0.29, 0.717) is 33.1 Å². The van der Waals surface area contributed by atoms with Crippen LogP contribution in [0.2, 0.25) is 5.02 Å². The Morgan fingerprint density at radius 2 is 2.08 bits per heavy atom. The minimum absolute atomic E-state index is 0.135. The normalized spacial score (nSPS) is 10.7. The molecule has 26 heavy (non-hydrogen) atoms. The Kier molecular flexibility index (Phi) is 5.14. The van der Waals surface area contributed by atoms with Crippen LogP contribution in [0.3, 0.4) is 0 Å². The van der Waals surface area contributed by atoms with E-state index in [0.717, 1.165) is 5.56 Å². The lowest BCUT2D eigenvalue weighted by molar-refractivity contribution is 0.191. The fourth-order valence-corrected chi connectivity index (χ4v) is 2.76. The molecule has 0 saturated heterocycles. The number of benzene rings is 2. The fraction of sp³-hybridized carbons (Fsp3) is 0.158. The molecule has 3 rings (SSSR count). The molecule has 0 saturated carbocycles. The molecule has 6 nitrogen and oxygen atoms in total. The molecule has 0 spiro atoms. The number of ether oxygens (including phenoxy) is 1. The van der Waals surface area contributed by atoms with Gasteiger partial charge in [0.2, 0.25) is 0 Å². The molecule has 0 radical (unpaired) electrons. The van der Waals surface area contributed by atoms with E-state index >= 15 is 0 Å². The number of aryl methyl sites for hydroxylation is 1. The summed E-state index contributed by atoms with van der Waals surface area (Å²) in [6.07, 6.45) is -1.12. The second-order valence-corrected chi connectivity index (χ2v) is 6.08. The van der Waals surface area contributed by atoms with Crippen molar-refractivity contribution in [3.8, 4) is 17.1 Å². The summed E-state index contributed by atoms with van der Waals surface area (Å²) in [6, 6.07) is 11.8. The number of amides is 1. The van der Waals surface area contributed by atoms with Crippen molar-refractivity contribution in [2.75, 3.05) is 13.2 Å². The molecule has 1 heterocycles. The van der Waals surface area contributed by atoms with Crippen LogP contribution in [0.25, 0.3) is 22.3 Å². The number of carbonyl (C=O) groups is 1. The number of halogens is 1. The van der Waals surface area contributed by atoms with E-state index in [-0.39, 0.29) is 18.6 Å². The highest BCUT2D eigenvalue weighted by atomic mass is 35.5. The van der Waals surface area contributed by atoms with Gasteiger partial charge in [-0.3, -0.25) is 4.79 Å². The summed E-state index contributed by atoms with van der Waals surface area (Å²) in [6.45, 7) is 2.18. The zero-order valence-electron chi connectivity index (χ0n) is 13.9. The molecule has 0 fully saturated rings. The number of fused-ring (bicyclic) bond motifs is 1. The van der Waals surface area contributed by atoms with Gasteiger partial charge in [0.05, 0.1) is 22.5 Å². The summed E-state index contributed by atoms with van der Waals surface area (Å²) < 4.78 is 11.5. The van der Waals surface area contributed by atoms with Gasteiger partial charge >= 0.3 is 6.09 Å². The van der Waals surface area contributed by atoms with E-state index in [1.807, 2.05) is 13.0 Å². The Morgan fingerprint density at radius 1 is 1.27 bits per heavy atom. The second-order valence-electron chi connectivity index (χ2n) is 5.67. The van der Waals surface area contributed by atoms with Gasteiger partial charge in [-0.05, 0) is 36.8 Å². The van der Waals surface area contributed by atoms with Crippen LogP contribution in [0.4, 0.5) is 4.79 Å². The lowest BCUT2D eigenvalue weighted by Crippen LogP contribution is -2.26. The van der Waals surface area contributed by atoms with E-state index in [1.165, 1.54) is 6.07 Å². The second kappa shape index (κ2) is 7.49. The van der Waals surface area contributed by atoms with Crippen molar-refractivity contribution in [1.82, 2.24) is 5.32 Å². The first-order chi connectivity index (χ1) is 12.5. The van der Waals surface area contributed by atoms with Gasteiger partial charge in [0.25, 0.3) is 0 Å². The summed E-state index contributed by atoms with van der Waals surface area (Å²) >= 11 is 6.16. The molecule has 0 atom stereocenters. The highest BCUT2D eigenvalue weighted by molar-refractivity contribution is 6.34. The Balaban J connectivity index is 2.01. The quantitative estimate of drug-likeness (QED) is 0.658. The van der Waals surface area contributed by atoms with Gasteiger partial charge in [0.15, 0.2) is 11.0 Å². The Labute approximate surface area is 154 Å². The molecule has 1 aromatic heterocycles. The first-order valence-electron chi connectivity index (χ1n) is 7.88. The van der Waals surface area contributed by atoms with Crippen LogP contribution < -0.4 is 15.5 Å². The third kappa shape index (κ3) is 3.81. The van der Waals surface area contributed by atoms with Gasteiger partial charge in [0, 0.05) is 6.07 Å². The molecular formula is C19H16ClNO5. The van der Waals surface area contributed by atoms with Crippen LogP contribution in [-0.2, 0) is 0 Å². The van der Waals surface area contributed by atoms with Crippen LogP contribution >= 0.6 is 11.6 Å². The molecule has 3 aromatic rings. The monoisotopic (exact) mass is 373 g/mol. The number of hydrogen-bond acceptors (Lipinski definition) is 4. The summed E-state index contributed by atoms with van der Waals surface area (Å²) in [5, 5.41) is 11.6. The number of rotatable bonds is 5. The SMILES string of the molecule is Cc1ccc(-c2cc(=O)c3cccc(Cl)c3o2)c(OCCNC(=O)O)c1. The third-order valence-corrected chi connectivity index (χ3v) is 4.04. The zero-order valence-corrected chi connectivity index (χ0v) is 14.7. The van der Waals surface area contributed by atoms with E-state index < -0.39 is 6.09 Å². The van der Waals surface area contributed by atoms with Crippen LogP contribution in [0.1, 0.15) is 5.56 Å². The van der Waals surface area contributed by atoms with Crippen molar-refractivity contribution in [2.24, 2.45) is 0 Å². The van der Waals surface area contributed by atoms with Crippen LogP contribution in [0.15, 0.2) is 51.7 Å². The van der Waals surface area contributed by atoms with E-state index in [4.69, 9.17) is 25.9 Å². The van der Waals surface area contributed by atoms with Crippen molar-refractivity contribution in [1.29, 1.82) is 0 Å². The highest BCUT2D eigenvalue weighted by Gasteiger charge is 2.14. The summed E-state index contributed by atoms with van der Waals surface area (Å²) in [5.41, 5.74) is 1.65. The van der Waals surface area contributed by atoms with Crippen molar-refractivity contribution in [2.45, 2.75) is 6.92 Å². The Bertz CT molecular complexity index is 1030. The standard InChI is InChI=1S/C19H16ClNO5/c1-11-5-6-13(16(9-11)25-8-7-21-19(23)24)17-10-15(22)12-3-2-4-14(20)18(12)26-17/h2-6,9-10,21H,7-8H2,1H3,(H,23,24). The average Bonchev–Trinajstić information content (AvgIpc) is 2.59. The van der Waals surface area contributed by atoms with E-state index in [9.17, 15) is 9.59 Å². The zero-order chi connectivity index (χ0) is 18.7. The number of para-hydroxylation sites is 1. The van der Waals surface area contributed by atoms with Crippen LogP contribution in [0, 0.1) is 6.92 Å². The third-order valence-electron chi connectivity index (χ3n) is 3.75. The van der Waals surface area contributed by atoms with Gasteiger partial charge in [0.1, 0.15) is 18.1 Å². The van der Waals surface area contributed by atoms with Crippen molar-refractivity contribution in [3.05, 3.63) is 63.3 Å². The average molecular weight is 374 g/mol. The van der Waals surface area contributed by atoms with E-state index in [2.05, 4.69) is 5.32 Å². The van der Waals surface area contributed by atoms with Crippen LogP contribution in [0.5, 0.6) is 5.75 Å². The molecular weight excluding hydrogens is 358 g/mol. The minimum atomic E-state index is -1.12. The van der Waals surface area contributed by atoms with Crippen molar-refractivity contribution in [3.63, 3.8) is 0 Å². The van der Waals surface area contributed by atoms with Crippen molar-refractivity contribution >= 4 is 28.7 Å². The topological polar surface area (TPSA) is 88.8 Å². The molecule has 1 amide bonds. The molecule has 0 unspecified atom stereocenters. The number of hydrogen-bond donors (Lipinski definition) is 2. The number of carboxylic acid groups (broad SMARTS) is 1. The number of nitrogens with one attached hydrogen (secondary N) is 1.